The van der Waals surface area contributed by atoms with Crippen molar-refractivity contribution in [3.63, 3.8) is 0 Å². The number of nitrogens with one attached hydrogen (secondary N) is 2. The molecule has 2 N–H and O–H groups in total. The molecule has 1 aromatic carbocycles. The first-order chi connectivity index (χ1) is 11.7. The number of halogens is 1. The van der Waals surface area contributed by atoms with Crippen LogP contribution in [0.1, 0.15) is 30.5 Å². The second kappa shape index (κ2) is 8.14. The standard InChI is InChI=1S/C17H27FN4O2S/c1-12-5-6-15(9-16(12)18)13(2)21-17(19-3)20-10-14-7-8-22(11-14)25(4,23)24/h5-6,9,13-14H,7-8,10-11H2,1-4H3,(H2,19,20,21). The molecule has 0 saturated carbocycles. The van der Waals surface area contributed by atoms with Gasteiger partial charge in [-0.15, -0.1) is 0 Å². The van der Waals surface area contributed by atoms with E-state index < -0.39 is 10.0 Å². The average Bonchev–Trinajstić information content (AvgIpc) is 3.03. The van der Waals surface area contributed by atoms with Crippen LogP contribution in [-0.4, -0.2) is 51.6 Å². The molecule has 0 spiro atoms. The summed E-state index contributed by atoms with van der Waals surface area (Å²) in [6, 6.07) is 5.08. The molecule has 140 valence electrons. The summed E-state index contributed by atoms with van der Waals surface area (Å²) in [4.78, 5) is 4.19. The van der Waals surface area contributed by atoms with E-state index in [0.717, 1.165) is 12.0 Å². The lowest BCUT2D eigenvalue weighted by molar-refractivity contribution is 0.458. The molecule has 1 aliphatic heterocycles. The maximum atomic E-state index is 13.7. The molecule has 2 unspecified atom stereocenters. The van der Waals surface area contributed by atoms with Crippen LogP contribution in [0.4, 0.5) is 4.39 Å². The Labute approximate surface area is 149 Å². The zero-order chi connectivity index (χ0) is 18.6. The van der Waals surface area contributed by atoms with Crippen molar-refractivity contribution in [2.24, 2.45) is 10.9 Å². The molecule has 0 aliphatic carbocycles. The van der Waals surface area contributed by atoms with Crippen molar-refractivity contribution >= 4 is 16.0 Å². The fourth-order valence-corrected chi connectivity index (χ4v) is 3.79. The average molecular weight is 370 g/mol. The van der Waals surface area contributed by atoms with Crippen molar-refractivity contribution < 1.29 is 12.8 Å². The first-order valence-electron chi connectivity index (χ1n) is 8.39. The molecule has 1 aliphatic rings. The Kier molecular flexibility index (Phi) is 6.40. The molecule has 1 saturated heterocycles. The van der Waals surface area contributed by atoms with Gasteiger partial charge in [0.15, 0.2) is 5.96 Å². The Morgan fingerprint density at radius 2 is 2.20 bits per heavy atom. The van der Waals surface area contributed by atoms with Gasteiger partial charge in [-0.25, -0.2) is 17.1 Å². The van der Waals surface area contributed by atoms with Gasteiger partial charge >= 0.3 is 0 Å². The first-order valence-corrected chi connectivity index (χ1v) is 10.2. The minimum atomic E-state index is -3.12. The Bertz CT molecular complexity index is 736. The number of guanidine groups is 1. The molecule has 1 fully saturated rings. The van der Waals surface area contributed by atoms with Gasteiger partial charge < -0.3 is 10.6 Å². The van der Waals surface area contributed by atoms with E-state index in [0.29, 0.717) is 31.2 Å². The maximum absolute atomic E-state index is 13.7. The topological polar surface area (TPSA) is 73.8 Å². The van der Waals surface area contributed by atoms with Crippen LogP contribution < -0.4 is 10.6 Å². The van der Waals surface area contributed by atoms with Gasteiger partial charge in [0.25, 0.3) is 0 Å². The third kappa shape index (κ3) is 5.40. The van der Waals surface area contributed by atoms with Crippen LogP contribution in [0.25, 0.3) is 0 Å². The number of hydrogen-bond acceptors (Lipinski definition) is 3. The number of hydrogen-bond donors (Lipinski definition) is 2. The van der Waals surface area contributed by atoms with E-state index in [2.05, 4.69) is 15.6 Å². The second-order valence-corrected chi connectivity index (χ2v) is 8.59. The highest BCUT2D eigenvalue weighted by molar-refractivity contribution is 7.88. The molecule has 1 aromatic rings. The predicted molar refractivity (Wildman–Crippen MR) is 98.6 cm³/mol. The Morgan fingerprint density at radius 3 is 2.76 bits per heavy atom. The van der Waals surface area contributed by atoms with Gasteiger partial charge in [-0.1, -0.05) is 12.1 Å². The third-order valence-corrected chi connectivity index (χ3v) is 5.82. The van der Waals surface area contributed by atoms with Gasteiger partial charge in [0, 0.05) is 26.7 Å². The lowest BCUT2D eigenvalue weighted by Crippen LogP contribution is -2.41. The molecule has 6 nitrogen and oxygen atoms in total. The van der Waals surface area contributed by atoms with E-state index in [9.17, 15) is 12.8 Å². The van der Waals surface area contributed by atoms with Crippen molar-refractivity contribution in [3.8, 4) is 0 Å². The monoisotopic (exact) mass is 370 g/mol. The second-order valence-electron chi connectivity index (χ2n) is 6.60. The summed E-state index contributed by atoms with van der Waals surface area (Å²) in [5.74, 6) is 0.646. The number of nitrogens with zero attached hydrogens (tertiary/aromatic N) is 2. The Hall–Kier alpha value is -1.67. The molecule has 0 aromatic heterocycles. The molecule has 0 amide bonds. The molecule has 8 heteroatoms. The van der Waals surface area contributed by atoms with Crippen LogP contribution >= 0.6 is 0 Å². The predicted octanol–water partition coefficient (Wildman–Crippen LogP) is 1.64. The van der Waals surface area contributed by atoms with Gasteiger partial charge in [-0.3, -0.25) is 4.99 Å². The highest BCUT2D eigenvalue weighted by atomic mass is 32.2. The van der Waals surface area contributed by atoms with Crippen LogP contribution in [0.15, 0.2) is 23.2 Å². The SMILES string of the molecule is CN=C(NCC1CCN(S(C)(=O)=O)C1)NC(C)c1ccc(C)c(F)c1. The van der Waals surface area contributed by atoms with E-state index in [4.69, 9.17) is 0 Å². The molecule has 2 rings (SSSR count). The van der Waals surface area contributed by atoms with Crippen LogP contribution in [0.3, 0.4) is 0 Å². The lowest BCUT2D eigenvalue weighted by Gasteiger charge is -2.20. The van der Waals surface area contributed by atoms with Crippen molar-refractivity contribution in [3.05, 3.63) is 35.1 Å². The normalized spacial score (nSPS) is 20.5. The number of aliphatic imine (C=N–C) groups is 1. The van der Waals surface area contributed by atoms with E-state index in [1.165, 1.54) is 16.6 Å². The lowest BCUT2D eigenvalue weighted by atomic mass is 10.1. The van der Waals surface area contributed by atoms with Crippen LogP contribution in [0.2, 0.25) is 0 Å². The third-order valence-electron chi connectivity index (χ3n) is 4.55. The van der Waals surface area contributed by atoms with Gasteiger partial charge in [-0.05, 0) is 43.4 Å². The fourth-order valence-electron chi connectivity index (χ4n) is 2.87. The minimum absolute atomic E-state index is 0.0996. The largest absolute Gasteiger partial charge is 0.356 e. The highest BCUT2D eigenvalue weighted by Crippen LogP contribution is 2.18. The zero-order valence-electron chi connectivity index (χ0n) is 15.2. The van der Waals surface area contributed by atoms with Crippen molar-refractivity contribution in [1.82, 2.24) is 14.9 Å². The summed E-state index contributed by atoms with van der Waals surface area (Å²) in [5.41, 5.74) is 1.46. The Morgan fingerprint density at radius 1 is 1.48 bits per heavy atom. The van der Waals surface area contributed by atoms with Crippen LogP contribution in [0.5, 0.6) is 0 Å². The van der Waals surface area contributed by atoms with E-state index in [1.54, 1.807) is 20.0 Å². The van der Waals surface area contributed by atoms with Crippen LogP contribution in [0, 0.1) is 18.7 Å². The van der Waals surface area contributed by atoms with Crippen molar-refractivity contribution in [2.75, 3.05) is 32.9 Å². The van der Waals surface area contributed by atoms with Crippen LogP contribution in [-0.2, 0) is 10.0 Å². The van der Waals surface area contributed by atoms with Gasteiger partial charge in [0.2, 0.25) is 10.0 Å². The van der Waals surface area contributed by atoms with Gasteiger partial charge in [0.1, 0.15) is 5.82 Å². The van der Waals surface area contributed by atoms with Gasteiger partial charge in [-0.2, -0.15) is 0 Å². The highest BCUT2D eigenvalue weighted by Gasteiger charge is 2.28. The van der Waals surface area contributed by atoms with E-state index in [1.807, 2.05) is 13.0 Å². The smallest absolute Gasteiger partial charge is 0.211 e. The fraction of sp³-hybridized carbons (Fsp3) is 0.588. The molecule has 1 heterocycles. The summed E-state index contributed by atoms with van der Waals surface area (Å²) in [6.45, 7) is 5.41. The number of benzene rings is 1. The van der Waals surface area contributed by atoms with Gasteiger partial charge in [0.05, 0.1) is 12.3 Å². The number of rotatable bonds is 5. The maximum Gasteiger partial charge on any atom is 0.211 e. The molecular weight excluding hydrogens is 343 g/mol. The summed E-state index contributed by atoms with van der Waals surface area (Å²) in [6.07, 6.45) is 2.07. The summed E-state index contributed by atoms with van der Waals surface area (Å²) in [5, 5.41) is 6.47. The quantitative estimate of drug-likeness (QED) is 0.610. The summed E-state index contributed by atoms with van der Waals surface area (Å²) in [7, 11) is -1.44. The summed E-state index contributed by atoms with van der Waals surface area (Å²) >= 11 is 0. The Balaban J connectivity index is 1.87. The van der Waals surface area contributed by atoms with Crippen molar-refractivity contribution in [2.45, 2.75) is 26.3 Å². The number of sulfonamides is 1. The molecule has 2 atom stereocenters. The molecule has 0 radical (unpaired) electrons. The van der Waals surface area contributed by atoms with E-state index >= 15 is 0 Å². The number of aryl methyl sites for hydroxylation is 1. The van der Waals surface area contributed by atoms with E-state index in [-0.39, 0.29) is 17.8 Å². The molecule has 0 bridgehead atoms. The minimum Gasteiger partial charge on any atom is -0.356 e. The molecule has 25 heavy (non-hydrogen) atoms. The summed E-state index contributed by atoms with van der Waals surface area (Å²) < 4.78 is 38.4. The zero-order valence-corrected chi connectivity index (χ0v) is 16.0. The molecular formula is C17H27FN4O2S. The van der Waals surface area contributed by atoms with Crippen molar-refractivity contribution in [1.29, 1.82) is 0 Å². The first kappa shape index (κ1) is 19.7.